The second-order valence-corrected chi connectivity index (χ2v) is 5.06. The third-order valence-electron chi connectivity index (χ3n) is 2.91. The molecule has 0 spiro atoms. The van der Waals surface area contributed by atoms with Gasteiger partial charge in [-0.25, -0.2) is 0 Å². The summed E-state index contributed by atoms with van der Waals surface area (Å²) < 4.78 is 1.07. The molecule has 0 aliphatic carbocycles. The van der Waals surface area contributed by atoms with Crippen LogP contribution < -0.4 is 10.6 Å². The molecule has 0 radical (unpaired) electrons. The average Bonchev–Trinajstić information content (AvgIpc) is 2.13. The molecule has 2 rings (SSSR count). The zero-order valence-corrected chi connectivity index (χ0v) is 12.0. The highest BCUT2D eigenvalue weighted by Gasteiger charge is 2.24. The normalized spacial score (nSPS) is 14.7. The summed E-state index contributed by atoms with van der Waals surface area (Å²) in [5.74, 6) is 0.317. The zero-order chi connectivity index (χ0) is 11.5. The molecule has 0 saturated carbocycles. The topological polar surface area (TPSA) is 41.1 Å². The lowest BCUT2D eigenvalue weighted by molar-refractivity contribution is -0.126. The zero-order valence-electron chi connectivity index (χ0n) is 9.63. The maximum atomic E-state index is 11.6. The molecule has 1 aromatic rings. The highest BCUT2D eigenvalue weighted by Crippen LogP contribution is 2.15. The van der Waals surface area contributed by atoms with Gasteiger partial charge in [0, 0.05) is 24.1 Å². The Morgan fingerprint density at radius 2 is 2.24 bits per heavy atom. The Labute approximate surface area is 116 Å². The number of aryl methyl sites for hydroxylation is 1. The highest BCUT2D eigenvalue weighted by atomic mass is 79.9. The van der Waals surface area contributed by atoms with Crippen molar-refractivity contribution in [2.45, 2.75) is 13.5 Å². The lowest BCUT2D eigenvalue weighted by atomic mass is 10.0. The summed E-state index contributed by atoms with van der Waals surface area (Å²) in [5, 5.41) is 6.06. The van der Waals surface area contributed by atoms with Crippen LogP contribution in [-0.4, -0.2) is 19.0 Å². The number of hydrogen-bond acceptors (Lipinski definition) is 2. The molecule has 1 heterocycles. The summed E-state index contributed by atoms with van der Waals surface area (Å²) in [7, 11) is 0. The van der Waals surface area contributed by atoms with Crippen molar-refractivity contribution in [3.63, 3.8) is 0 Å². The monoisotopic (exact) mass is 318 g/mol. The van der Waals surface area contributed by atoms with Gasteiger partial charge in [0.05, 0.1) is 5.92 Å². The van der Waals surface area contributed by atoms with E-state index in [-0.39, 0.29) is 24.2 Å². The minimum Gasteiger partial charge on any atom is -0.352 e. The van der Waals surface area contributed by atoms with E-state index in [9.17, 15) is 4.79 Å². The predicted molar refractivity (Wildman–Crippen MR) is 74.3 cm³/mol. The van der Waals surface area contributed by atoms with Crippen molar-refractivity contribution < 1.29 is 4.79 Å². The van der Waals surface area contributed by atoms with E-state index in [1.165, 1.54) is 11.1 Å². The van der Waals surface area contributed by atoms with Gasteiger partial charge < -0.3 is 10.6 Å². The van der Waals surface area contributed by atoms with E-state index >= 15 is 0 Å². The van der Waals surface area contributed by atoms with Crippen molar-refractivity contribution >= 4 is 34.2 Å². The molecule has 1 amide bonds. The van der Waals surface area contributed by atoms with Crippen molar-refractivity contribution in [1.29, 1.82) is 0 Å². The first-order valence-electron chi connectivity index (χ1n) is 5.40. The largest absolute Gasteiger partial charge is 0.352 e. The fraction of sp³-hybridized carbons (Fsp3) is 0.417. The van der Waals surface area contributed by atoms with Crippen LogP contribution in [0.25, 0.3) is 0 Å². The molecule has 1 aromatic carbocycles. The summed E-state index contributed by atoms with van der Waals surface area (Å²) in [6.07, 6.45) is 0. The molecular weight excluding hydrogens is 304 g/mol. The first-order valence-corrected chi connectivity index (χ1v) is 6.19. The molecule has 0 aromatic heterocycles. The molecule has 2 N–H and O–H groups in total. The van der Waals surface area contributed by atoms with Crippen LogP contribution in [0.3, 0.4) is 0 Å². The van der Waals surface area contributed by atoms with Gasteiger partial charge in [-0.05, 0) is 30.2 Å². The molecule has 1 aliphatic heterocycles. The Bertz CT molecular complexity index is 407. The maximum Gasteiger partial charge on any atom is 0.225 e. The number of carbonyl (C=O) groups is 1. The summed E-state index contributed by atoms with van der Waals surface area (Å²) in [5.41, 5.74) is 2.37. The number of nitrogens with one attached hydrogen (secondary N) is 2. The van der Waals surface area contributed by atoms with Gasteiger partial charge in [0.15, 0.2) is 0 Å². The van der Waals surface area contributed by atoms with Crippen LogP contribution in [0.1, 0.15) is 11.1 Å². The Hall–Kier alpha value is -0.580. The van der Waals surface area contributed by atoms with Crippen molar-refractivity contribution in [2.75, 3.05) is 13.1 Å². The van der Waals surface area contributed by atoms with Crippen molar-refractivity contribution in [2.24, 2.45) is 5.92 Å². The number of rotatable bonds is 3. The Morgan fingerprint density at radius 3 is 2.76 bits per heavy atom. The van der Waals surface area contributed by atoms with Crippen LogP contribution in [0.2, 0.25) is 0 Å². The second-order valence-electron chi connectivity index (χ2n) is 4.14. The van der Waals surface area contributed by atoms with Gasteiger partial charge in [-0.15, -0.1) is 12.4 Å². The van der Waals surface area contributed by atoms with Gasteiger partial charge in [0.1, 0.15) is 0 Å². The van der Waals surface area contributed by atoms with Crippen molar-refractivity contribution in [3.8, 4) is 0 Å². The predicted octanol–water partition coefficient (Wildman–Crippen LogP) is 2.01. The molecule has 1 fully saturated rings. The third-order valence-corrected chi connectivity index (χ3v) is 3.40. The molecule has 17 heavy (non-hydrogen) atoms. The Kier molecular flexibility index (Phi) is 5.43. The van der Waals surface area contributed by atoms with Crippen LogP contribution in [0.4, 0.5) is 0 Å². The van der Waals surface area contributed by atoms with Gasteiger partial charge in [0.25, 0.3) is 0 Å². The summed E-state index contributed by atoms with van der Waals surface area (Å²) in [6.45, 7) is 4.29. The molecule has 3 nitrogen and oxygen atoms in total. The molecule has 0 bridgehead atoms. The van der Waals surface area contributed by atoms with Gasteiger partial charge in [0.2, 0.25) is 5.91 Å². The van der Waals surface area contributed by atoms with E-state index in [1.54, 1.807) is 0 Å². The van der Waals surface area contributed by atoms with Crippen LogP contribution in [0.15, 0.2) is 22.7 Å². The minimum atomic E-state index is 0. The van der Waals surface area contributed by atoms with Crippen LogP contribution in [-0.2, 0) is 11.3 Å². The molecule has 94 valence electrons. The highest BCUT2D eigenvalue weighted by molar-refractivity contribution is 9.10. The van der Waals surface area contributed by atoms with E-state index < -0.39 is 0 Å². The smallest absolute Gasteiger partial charge is 0.225 e. The van der Waals surface area contributed by atoms with Crippen molar-refractivity contribution in [1.82, 2.24) is 10.6 Å². The number of benzene rings is 1. The van der Waals surface area contributed by atoms with Crippen molar-refractivity contribution in [3.05, 3.63) is 33.8 Å². The summed E-state index contributed by atoms with van der Waals surface area (Å²) in [6, 6.07) is 6.10. The average molecular weight is 320 g/mol. The Balaban J connectivity index is 0.00000144. The molecule has 0 unspecified atom stereocenters. The van der Waals surface area contributed by atoms with Gasteiger partial charge in [-0.1, -0.05) is 22.0 Å². The quantitative estimate of drug-likeness (QED) is 0.895. The van der Waals surface area contributed by atoms with E-state index in [2.05, 4.69) is 39.6 Å². The van der Waals surface area contributed by atoms with Crippen LogP contribution in [0, 0.1) is 12.8 Å². The van der Waals surface area contributed by atoms with E-state index in [4.69, 9.17) is 0 Å². The molecular formula is C12H16BrClN2O. The van der Waals surface area contributed by atoms with Gasteiger partial charge in [-0.3, -0.25) is 4.79 Å². The van der Waals surface area contributed by atoms with Gasteiger partial charge in [-0.2, -0.15) is 0 Å². The van der Waals surface area contributed by atoms with Gasteiger partial charge >= 0.3 is 0 Å². The van der Waals surface area contributed by atoms with E-state index in [0.717, 1.165) is 17.6 Å². The standard InChI is InChI=1S/C12H15BrN2O.ClH/c1-8-4-11(13)3-2-9(8)7-15-12(16)10-5-14-6-10;/h2-4,10,14H,5-7H2,1H3,(H,15,16);1H. The summed E-state index contributed by atoms with van der Waals surface area (Å²) in [4.78, 5) is 11.6. The fourth-order valence-corrected chi connectivity index (χ4v) is 2.13. The summed E-state index contributed by atoms with van der Waals surface area (Å²) >= 11 is 3.42. The molecule has 1 aliphatic rings. The lowest BCUT2D eigenvalue weighted by Crippen LogP contribution is -2.50. The minimum absolute atomic E-state index is 0. The lowest BCUT2D eigenvalue weighted by Gasteiger charge is -2.25. The molecule has 5 heteroatoms. The van der Waals surface area contributed by atoms with Crippen LogP contribution >= 0.6 is 28.3 Å². The molecule has 0 atom stereocenters. The maximum absolute atomic E-state index is 11.6. The first-order chi connectivity index (χ1) is 7.66. The number of amides is 1. The van der Waals surface area contributed by atoms with Crippen LogP contribution in [0.5, 0.6) is 0 Å². The number of halogens is 2. The second kappa shape index (κ2) is 6.38. The Morgan fingerprint density at radius 1 is 1.53 bits per heavy atom. The number of hydrogen-bond donors (Lipinski definition) is 2. The third kappa shape index (κ3) is 3.69. The number of carbonyl (C=O) groups excluding carboxylic acids is 1. The SMILES string of the molecule is Cc1cc(Br)ccc1CNC(=O)C1CNC1.Cl. The fourth-order valence-electron chi connectivity index (χ4n) is 1.66. The van der Waals surface area contributed by atoms with E-state index in [1.807, 2.05) is 12.1 Å². The van der Waals surface area contributed by atoms with E-state index in [0.29, 0.717) is 6.54 Å². The first kappa shape index (κ1) is 14.5. The molecule has 1 saturated heterocycles.